The molecule has 21 heavy (non-hydrogen) atoms. The fourth-order valence-electron chi connectivity index (χ4n) is 1.73. The minimum Gasteiger partial charge on any atom is -0.478 e. The lowest BCUT2D eigenvalue weighted by Crippen LogP contribution is -2.15. The fraction of sp³-hybridized carbons (Fsp3) is 0.0714. The van der Waals surface area contributed by atoms with Crippen molar-refractivity contribution in [3.63, 3.8) is 0 Å². The lowest BCUT2D eigenvalue weighted by molar-refractivity contribution is 0.0698. The van der Waals surface area contributed by atoms with Gasteiger partial charge in [-0.2, -0.15) is 0 Å². The van der Waals surface area contributed by atoms with Crippen LogP contribution >= 0.6 is 31.9 Å². The third kappa shape index (κ3) is 3.68. The van der Waals surface area contributed by atoms with Crippen LogP contribution in [0, 0.1) is 6.92 Å². The number of nitrogens with one attached hydrogen (secondary N) is 1. The molecule has 7 heteroatoms. The quantitative estimate of drug-likeness (QED) is 0.800. The van der Waals surface area contributed by atoms with Crippen LogP contribution in [0.25, 0.3) is 0 Å². The van der Waals surface area contributed by atoms with E-state index >= 15 is 0 Å². The molecule has 2 rings (SSSR count). The van der Waals surface area contributed by atoms with Gasteiger partial charge in [0.05, 0.1) is 16.8 Å². The highest BCUT2D eigenvalue weighted by atomic mass is 79.9. The second-order valence-electron chi connectivity index (χ2n) is 4.32. The SMILES string of the molecule is Cc1cncc(C(=O)Nc2c(Br)cc(Br)cc2C(=O)O)c1. The molecule has 5 nitrogen and oxygen atoms in total. The highest BCUT2D eigenvalue weighted by Crippen LogP contribution is 2.31. The minimum atomic E-state index is -1.13. The van der Waals surface area contributed by atoms with Gasteiger partial charge in [-0.25, -0.2) is 4.79 Å². The molecule has 2 aromatic rings. The maximum Gasteiger partial charge on any atom is 0.337 e. The van der Waals surface area contributed by atoms with Crippen molar-refractivity contribution in [2.45, 2.75) is 6.92 Å². The summed E-state index contributed by atoms with van der Waals surface area (Å²) in [5.74, 6) is -1.55. The number of hydrogen-bond acceptors (Lipinski definition) is 3. The van der Waals surface area contributed by atoms with Gasteiger partial charge in [0.2, 0.25) is 0 Å². The van der Waals surface area contributed by atoms with E-state index in [1.807, 2.05) is 6.92 Å². The normalized spacial score (nSPS) is 10.2. The number of carboxylic acids is 1. The molecule has 0 aliphatic heterocycles. The zero-order chi connectivity index (χ0) is 15.6. The highest BCUT2D eigenvalue weighted by Gasteiger charge is 2.17. The Morgan fingerprint density at radius 3 is 2.52 bits per heavy atom. The molecular weight excluding hydrogens is 404 g/mol. The zero-order valence-electron chi connectivity index (χ0n) is 10.9. The number of carboxylic acid groups (broad SMARTS) is 1. The van der Waals surface area contributed by atoms with E-state index in [2.05, 4.69) is 42.2 Å². The Bertz CT molecular complexity index is 732. The summed E-state index contributed by atoms with van der Waals surface area (Å²) in [6, 6.07) is 4.77. The fourth-order valence-corrected chi connectivity index (χ4v) is 3.06. The largest absolute Gasteiger partial charge is 0.478 e. The predicted molar refractivity (Wildman–Crippen MR) is 85.7 cm³/mol. The average Bonchev–Trinajstić information content (AvgIpc) is 2.41. The minimum absolute atomic E-state index is 0.00906. The van der Waals surface area contributed by atoms with Crippen LogP contribution in [0.3, 0.4) is 0 Å². The van der Waals surface area contributed by atoms with E-state index in [0.717, 1.165) is 5.56 Å². The number of pyridine rings is 1. The molecule has 0 radical (unpaired) electrons. The molecular formula is C14H10Br2N2O3. The number of hydrogen-bond donors (Lipinski definition) is 2. The molecule has 0 aliphatic rings. The summed E-state index contributed by atoms with van der Waals surface area (Å²) in [4.78, 5) is 27.4. The van der Waals surface area contributed by atoms with E-state index in [1.54, 1.807) is 18.3 Å². The first-order valence-corrected chi connectivity index (χ1v) is 7.42. The summed E-state index contributed by atoms with van der Waals surface area (Å²) < 4.78 is 1.07. The molecule has 1 heterocycles. The van der Waals surface area contributed by atoms with Crippen molar-refractivity contribution in [1.29, 1.82) is 0 Å². The average molecular weight is 414 g/mol. The van der Waals surface area contributed by atoms with E-state index in [0.29, 0.717) is 14.5 Å². The second-order valence-corrected chi connectivity index (χ2v) is 6.09. The molecule has 0 unspecified atom stereocenters. The summed E-state index contributed by atoms with van der Waals surface area (Å²) in [6.45, 7) is 1.82. The Hall–Kier alpha value is -1.73. The van der Waals surface area contributed by atoms with Gasteiger partial charge in [0.15, 0.2) is 0 Å². The van der Waals surface area contributed by atoms with Gasteiger partial charge >= 0.3 is 5.97 Å². The van der Waals surface area contributed by atoms with Gasteiger partial charge < -0.3 is 10.4 Å². The van der Waals surface area contributed by atoms with Crippen LogP contribution in [0.1, 0.15) is 26.3 Å². The number of anilines is 1. The molecule has 108 valence electrons. The number of carbonyl (C=O) groups is 2. The molecule has 1 amide bonds. The molecule has 0 atom stereocenters. The number of carbonyl (C=O) groups excluding carboxylic acids is 1. The van der Waals surface area contributed by atoms with Crippen LogP contribution < -0.4 is 5.32 Å². The highest BCUT2D eigenvalue weighted by molar-refractivity contribution is 9.11. The first kappa shape index (κ1) is 15.7. The van der Waals surface area contributed by atoms with Crippen LogP contribution in [0.15, 0.2) is 39.5 Å². The smallest absolute Gasteiger partial charge is 0.337 e. The second kappa shape index (κ2) is 6.36. The standard InChI is InChI=1S/C14H10Br2N2O3/c1-7-2-8(6-17-5-7)13(19)18-12-10(14(20)21)3-9(15)4-11(12)16/h2-6H,1H3,(H,18,19)(H,20,21). The summed E-state index contributed by atoms with van der Waals surface area (Å²) in [6.07, 6.45) is 3.06. The lowest BCUT2D eigenvalue weighted by atomic mass is 10.1. The molecule has 0 saturated carbocycles. The van der Waals surface area contributed by atoms with Crippen molar-refractivity contribution >= 4 is 49.4 Å². The number of benzene rings is 1. The molecule has 1 aromatic heterocycles. The van der Waals surface area contributed by atoms with Gasteiger partial charge in [0, 0.05) is 21.3 Å². The molecule has 1 aromatic carbocycles. The van der Waals surface area contributed by atoms with Crippen LogP contribution in [-0.4, -0.2) is 22.0 Å². The number of halogens is 2. The third-order valence-electron chi connectivity index (χ3n) is 2.66. The Morgan fingerprint density at radius 2 is 1.90 bits per heavy atom. The van der Waals surface area contributed by atoms with Gasteiger partial charge in [-0.05, 0) is 46.6 Å². The Morgan fingerprint density at radius 1 is 1.19 bits per heavy atom. The van der Waals surface area contributed by atoms with Gasteiger partial charge in [-0.3, -0.25) is 9.78 Å². The van der Waals surface area contributed by atoms with Crippen molar-refractivity contribution in [2.24, 2.45) is 0 Å². The van der Waals surface area contributed by atoms with Gasteiger partial charge in [0.1, 0.15) is 0 Å². The summed E-state index contributed by atoms with van der Waals surface area (Å²) in [7, 11) is 0. The summed E-state index contributed by atoms with van der Waals surface area (Å²) >= 11 is 6.48. The van der Waals surface area contributed by atoms with Crippen molar-refractivity contribution in [3.8, 4) is 0 Å². The molecule has 0 spiro atoms. The van der Waals surface area contributed by atoms with E-state index in [4.69, 9.17) is 0 Å². The maximum atomic E-state index is 12.2. The monoisotopic (exact) mass is 412 g/mol. The summed E-state index contributed by atoms with van der Waals surface area (Å²) in [5, 5.41) is 11.8. The molecule has 2 N–H and O–H groups in total. The number of amides is 1. The topological polar surface area (TPSA) is 79.3 Å². The van der Waals surface area contributed by atoms with E-state index < -0.39 is 11.9 Å². The number of rotatable bonds is 3. The Kier molecular flexibility index (Phi) is 4.74. The van der Waals surface area contributed by atoms with Crippen molar-refractivity contribution < 1.29 is 14.7 Å². The molecule has 0 aliphatic carbocycles. The van der Waals surface area contributed by atoms with Crippen molar-refractivity contribution in [1.82, 2.24) is 4.98 Å². The van der Waals surface area contributed by atoms with Crippen molar-refractivity contribution in [2.75, 3.05) is 5.32 Å². The molecule has 0 bridgehead atoms. The van der Waals surface area contributed by atoms with Crippen LogP contribution in [0.2, 0.25) is 0 Å². The predicted octanol–water partition coefficient (Wildman–Crippen LogP) is 3.87. The Balaban J connectivity index is 2.39. The van der Waals surface area contributed by atoms with E-state index in [1.165, 1.54) is 12.3 Å². The number of nitrogens with zero attached hydrogens (tertiary/aromatic N) is 1. The van der Waals surface area contributed by atoms with Crippen LogP contribution in [-0.2, 0) is 0 Å². The molecule has 0 saturated heterocycles. The first-order valence-electron chi connectivity index (χ1n) is 5.84. The lowest BCUT2D eigenvalue weighted by Gasteiger charge is -2.11. The summed E-state index contributed by atoms with van der Waals surface area (Å²) in [5.41, 5.74) is 1.40. The van der Waals surface area contributed by atoms with Crippen LogP contribution in [0.5, 0.6) is 0 Å². The van der Waals surface area contributed by atoms with Gasteiger partial charge in [-0.1, -0.05) is 15.9 Å². The number of aromatic nitrogens is 1. The van der Waals surface area contributed by atoms with Gasteiger partial charge in [0.25, 0.3) is 5.91 Å². The van der Waals surface area contributed by atoms with E-state index in [-0.39, 0.29) is 11.3 Å². The number of aryl methyl sites for hydroxylation is 1. The number of aromatic carboxylic acids is 1. The first-order chi connectivity index (χ1) is 9.88. The van der Waals surface area contributed by atoms with Crippen molar-refractivity contribution in [3.05, 3.63) is 56.2 Å². The molecule has 0 fully saturated rings. The zero-order valence-corrected chi connectivity index (χ0v) is 14.0. The van der Waals surface area contributed by atoms with Crippen LogP contribution in [0.4, 0.5) is 5.69 Å². The Labute approximate surface area is 137 Å². The van der Waals surface area contributed by atoms with E-state index in [9.17, 15) is 14.7 Å². The maximum absolute atomic E-state index is 12.2. The van der Waals surface area contributed by atoms with Gasteiger partial charge in [-0.15, -0.1) is 0 Å². The third-order valence-corrected chi connectivity index (χ3v) is 3.74.